The smallest absolute Gasteiger partial charge is 0.193 e. The molecule has 2 aliphatic carbocycles. The molecular formula is C38H30O2. The molecule has 0 heterocycles. The Labute approximate surface area is 235 Å². The van der Waals surface area contributed by atoms with Gasteiger partial charge < -0.3 is 0 Å². The molecule has 0 amide bonds. The molecule has 2 heteroatoms. The van der Waals surface area contributed by atoms with Crippen LogP contribution < -0.4 is 0 Å². The third kappa shape index (κ3) is 3.42. The minimum atomic E-state index is -0.248. The first kappa shape index (κ1) is 24.5. The number of rotatable bonds is 2. The summed E-state index contributed by atoms with van der Waals surface area (Å²) in [6, 6.07) is 36.8. The lowest BCUT2D eigenvalue weighted by Gasteiger charge is -2.34. The zero-order chi connectivity index (χ0) is 27.8. The molecule has 0 atom stereocenters. The van der Waals surface area contributed by atoms with Crippen molar-refractivity contribution in [2.24, 2.45) is 0 Å². The summed E-state index contributed by atoms with van der Waals surface area (Å²) in [5.41, 5.74) is 11.0. The Morgan fingerprint density at radius 2 is 0.750 bits per heavy atom. The fourth-order valence-corrected chi connectivity index (χ4v) is 6.82. The van der Waals surface area contributed by atoms with Gasteiger partial charge in [0.15, 0.2) is 11.6 Å². The van der Waals surface area contributed by atoms with Crippen molar-refractivity contribution in [2.75, 3.05) is 0 Å². The van der Waals surface area contributed by atoms with E-state index in [1.165, 1.54) is 0 Å². The van der Waals surface area contributed by atoms with Crippen LogP contribution in [0.2, 0.25) is 0 Å². The summed E-state index contributed by atoms with van der Waals surface area (Å²) in [5, 5.41) is 0. The molecule has 0 aromatic heterocycles. The number of ketones is 2. The monoisotopic (exact) mass is 518 g/mol. The van der Waals surface area contributed by atoms with E-state index < -0.39 is 0 Å². The fraction of sp³-hybridized carbons (Fsp3) is 0.158. The molecule has 0 spiro atoms. The SMILES string of the molecule is CC1(C)c2ccccc2C(=O)c2cc(-c3cccc(-c4ccc5c(c4)C(=O)c4ccccc4C5(C)C)c3)ccc21. The van der Waals surface area contributed by atoms with Gasteiger partial charge in [-0.2, -0.15) is 0 Å². The largest absolute Gasteiger partial charge is 0.289 e. The van der Waals surface area contributed by atoms with E-state index in [0.717, 1.165) is 66.8 Å². The lowest BCUT2D eigenvalue weighted by Crippen LogP contribution is -2.30. The molecule has 0 fully saturated rings. The number of hydrogen-bond donors (Lipinski definition) is 0. The molecule has 0 saturated carbocycles. The van der Waals surface area contributed by atoms with Gasteiger partial charge in [-0.25, -0.2) is 0 Å². The molecule has 0 N–H and O–H groups in total. The van der Waals surface area contributed by atoms with E-state index in [1.807, 2.05) is 54.6 Å². The Morgan fingerprint density at radius 1 is 0.375 bits per heavy atom. The first-order chi connectivity index (χ1) is 19.2. The third-order valence-electron chi connectivity index (χ3n) is 9.09. The molecule has 5 aromatic rings. The van der Waals surface area contributed by atoms with Gasteiger partial charge in [0, 0.05) is 33.1 Å². The van der Waals surface area contributed by atoms with Gasteiger partial charge in [-0.1, -0.05) is 119 Å². The summed E-state index contributed by atoms with van der Waals surface area (Å²) in [5.74, 6) is 0.165. The molecule has 5 aromatic carbocycles. The van der Waals surface area contributed by atoms with Crippen molar-refractivity contribution in [3.8, 4) is 22.3 Å². The molecular weight excluding hydrogens is 488 g/mol. The topological polar surface area (TPSA) is 34.1 Å². The quantitative estimate of drug-likeness (QED) is 0.234. The normalized spacial score (nSPS) is 16.0. The number of benzene rings is 5. The fourth-order valence-electron chi connectivity index (χ4n) is 6.82. The lowest BCUT2D eigenvalue weighted by molar-refractivity contribution is 0.102. The summed E-state index contributed by atoms with van der Waals surface area (Å²) < 4.78 is 0. The average molecular weight is 519 g/mol. The van der Waals surface area contributed by atoms with E-state index in [-0.39, 0.29) is 22.4 Å². The molecule has 0 bridgehead atoms. The zero-order valence-electron chi connectivity index (χ0n) is 23.2. The number of hydrogen-bond acceptors (Lipinski definition) is 2. The standard InChI is InChI=1S/C38H30O2/c1-37(2)31-14-7-5-12-27(31)35(39)29-21-25(16-18-33(29)37)23-10-9-11-24(20-23)26-17-19-34-30(22-26)36(40)28-13-6-8-15-32(28)38(34,3)4/h5-22H,1-4H3. The van der Waals surface area contributed by atoms with Gasteiger partial charge in [-0.05, 0) is 62.7 Å². The molecule has 2 aliphatic rings. The summed E-state index contributed by atoms with van der Waals surface area (Å²) >= 11 is 0. The first-order valence-electron chi connectivity index (χ1n) is 13.9. The van der Waals surface area contributed by atoms with Gasteiger partial charge in [-0.15, -0.1) is 0 Å². The van der Waals surface area contributed by atoms with Gasteiger partial charge in [-0.3, -0.25) is 9.59 Å². The van der Waals surface area contributed by atoms with Crippen LogP contribution in [0.3, 0.4) is 0 Å². The Hall–Kier alpha value is -4.56. The zero-order valence-corrected chi connectivity index (χ0v) is 23.2. The van der Waals surface area contributed by atoms with E-state index in [1.54, 1.807) is 0 Å². The Morgan fingerprint density at radius 3 is 1.20 bits per heavy atom. The minimum absolute atomic E-state index is 0.0824. The van der Waals surface area contributed by atoms with Crippen molar-refractivity contribution >= 4 is 11.6 Å². The van der Waals surface area contributed by atoms with Gasteiger partial charge >= 0.3 is 0 Å². The highest BCUT2D eigenvalue weighted by molar-refractivity contribution is 6.14. The van der Waals surface area contributed by atoms with Crippen LogP contribution in [0.25, 0.3) is 22.3 Å². The third-order valence-corrected chi connectivity index (χ3v) is 9.09. The maximum absolute atomic E-state index is 13.5. The van der Waals surface area contributed by atoms with Crippen LogP contribution in [-0.4, -0.2) is 11.6 Å². The van der Waals surface area contributed by atoms with Crippen LogP contribution in [0.1, 0.15) is 81.8 Å². The van der Waals surface area contributed by atoms with E-state index in [4.69, 9.17) is 0 Å². The van der Waals surface area contributed by atoms with E-state index in [9.17, 15) is 9.59 Å². The van der Waals surface area contributed by atoms with Crippen molar-refractivity contribution in [3.05, 3.63) is 154 Å². The molecule has 194 valence electrons. The molecule has 2 nitrogen and oxygen atoms in total. The van der Waals surface area contributed by atoms with Gasteiger partial charge in [0.1, 0.15) is 0 Å². The second kappa shape index (κ2) is 8.47. The predicted octanol–water partition coefficient (Wildman–Crippen LogP) is 8.76. The van der Waals surface area contributed by atoms with Crippen molar-refractivity contribution in [2.45, 2.75) is 38.5 Å². The maximum Gasteiger partial charge on any atom is 0.193 e. The Bertz CT molecular complexity index is 1750. The summed E-state index contributed by atoms with van der Waals surface area (Å²) in [4.78, 5) is 27.1. The van der Waals surface area contributed by atoms with Crippen molar-refractivity contribution in [1.82, 2.24) is 0 Å². The summed E-state index contributed by atoms with van der Waals surface area (Å²) in [6.07, 6.45) is 0. The minimum Gasteiger partial charge on any atom is -0.289 e. The van der Waals surface area contributed by atoms with Gasteiger partial charge in [0.05, 0.1) is 0 Å². The molecule has 40 heavy (non-hydrogen) atoms. The number of carbonyl (C=O) groups is 2. The predicted molar refractivity (Wildman–Crippen MR) is 161 cm³/mol. The van der Waals surface area contributed by atoms with Crippen molar-refractivity contribution < 1.29 is 9.59 Å². The van der Waals surface area contributed by atoms with E-state index in [2.05, 4.69) is 82.3 Å². The molecule has 0 radical (unpaired) electrons. The van der Waals surface area contributed by atoms with Crippen LogP contribution in [0.5, 0.6) is 0 Å². The van der Waals surface area contributed by atoms with Crippen LogP contribution in [0.15, 0.2) is 109 Å². The van der Waals surface area contributed by atoms with Crippen LogP contribution in [0.4, 0.5) is 0 Å². The summed E-state index contributed by atoms with van der Waals surface area (Å²) in [6.45, 7) is 8.76. The maximum atomic E-state index is 13.5. The van der Waals surface area contributed by atoms with Crippen LogP contribution >= 0.6 is 0 Å². The number of carbonyl (C=O) groups excluding carboxylic acids is 2. The lowest BCUT2D eigenvalue weighted by atomic mass is 9.68. The molecule has 0 saturated heterocycles. The molecule has 0 unspecified atom stereocenters. The first-order valence-corrected chi connectivity index (χ1v) is 13.9. The number of fused-ring (bicyclic) bond motifs is 4. The van der Waals surface area contributed by atoms with Gasteiger partial charge in [0.25, 0.3) is 0 Å². The highest BCUT2D eigenvalue weighted by Gasteiger charge is 2.37. The summed E-state index contributed by atoms with van der Waals surface area (Å²) in [7, 11) is 0. The van der Waals surface area contributed by atoms with Gasteiger partial charge in [0.2, 0.25) is 0 Å². The van der Waals surface area contributed by atoms with E-state index >= 15 is 0 Å². The Kier molecular flexibility index (Phi) is 5.18. The average Bonchev–Trinajstić information content (AvgIpc) is 2.98. The highest BCUT2D eigenvalue weighted by atomic mass is 16.1. The van der Waals surface area contributed by atoms with Crippen LogP contribution in [-0.2, 0) is 10.8 Å². The highest BCUT2D eigenvalue weighted by Crippen LogP contribution is 2.44. The second-order valence-corrected chi connectivity index (χ2v) is 12.1. The van der Waals surface area contributed by atoms with Crippen molar-refractivity contribution in [1.29, 1.82) is 0 Å². The Balaban J connectivity index is 1.30. The molecule has 0 aliphatic heterocycles. The second-order valence-electron chi connectivity index (χ2n) is 12.1. The van der Waals surface area contributed by atoms with Crippen LogP contribution in [0, 0.1) is 0 Å². The van der Waals surface area contributed by atoms with Crippen molar-refractivity contribution in [3.63, 3.8) is 0 Å². The molecule has 7 rings (SSSR count). The van der Waals surface area contributed by atoms with E-state index in [0.29, 0.717) is 0 Å².